The van der Waals surface area contributed by atoms with Gasteiger partial charge in [0.25, 0.3) is 0 Å². The molecule has 0 unspecified atom stereocenters. The Morgan fingerprint density at radius 3 is 2.63 bits per heavy atom. The van der Waals surface area contributed by atoms with Crippen molar-refractivity contribution in [2.75, 3.05) is 24.2 Å². The summed E-state index contributed by atoms with van der Waals surface area (Å²) in [6.45, 7) is 1.15. The molecule has 0 atom stereocenters. The lowest BCUT2D eigenvalue weighted by atomic mass is 10.1. The van der Waals surface area contributed by atoms with Crippen molar-refractivity contribution in [1.29, 1.82) is 5.26 Å². The van der Waals surface area contributed by atoms with Gasteiger partial charge in [0.15, 0.2) is 0 Å². The molecule has 0 fully saturated rings. The van der Waals surface area contributed by atoms with E-state index in [9.17, 15) is 0 Å². The van der Waals surface area contributed by atoms with Gasteiger partial charge in [-0.15, -0.1) is 0 Å². The average molecular weight is 253 g/mol. The highest BCUT2D eigenvalue weighted by atomic mass is 16.5. The molecule has 0 aliphatic carbocycles. The molecule has 0 spiro atoms. The fourth-order valence-electron chi connectivity index (χ4n) is 1.69. The van der Waals surface area contributed by atoms with Crippen molar-refractivity contribution in [3.63, 3.8) is 0 Å². The minimum atomic E-state index is 0.477. The number of hydrogen-bond donors (Lipinski definition) is 2. The van der Waals surface area contributed by atoms with Crippen LogP contribution in [-0.4, -0.2) is 13.2 Å². The van der Waals surface area contributed by atoms with E-state index in [0.29, 0.717) is 24.4 Å². The number of para-hydroxylation sites is 2. The van der Waals surface area contributed by atoms with Gasteiger partial charge in [0.1, 0.15) is 18.4 Å². The topological polar surface area (TPSA) is 71.1 Å². The monoisotopic (exact) mass is 253 g/mol. The van der Waals surface area contributed by atoms with Gasteiger partial charge in [-0.05, 0) is 24.3 Å². The van der Waals surface area contributed by atoms with Crippen LogP contribution in [0.2, 0.25) is 0 Å². The third-order valence-corrected chi connectivity index (χ3v) is 2.66. The molecule has 96 valence electrons. The van der Waals surface area contributed by atoms with Crippen LogP contribution in [0.15, 0.2) is 48.5 Å². The van der Waals surface area contributed by atoms with Crippen LogP contribution in [0.5, 0.6) is 5.75 Å². The lowest BCUT2D eigenvalue weighted by Gasteiger charge is -2.11. The van der Waals surface area contributed by atoms with Crippen molar-refractivity contribution in [2.45, 2.75) is 0 Å². The van der Waals surface area contributed by atoms with E-state index in [4.69, 9.17) is 15.7 Å². The predicted molar refractivity (Wildman–Crippen MR) is 76.0 cm³/mol. The number of nitriles is 1. The zero-order valence-corrected chi connectivity index (χ0v) is 10.5. The second kappa shape index (κ2) is 6.31. The number of nitrogen functional groups attached to an aromatic ring is 1. The first kappa shape index (κ1) is 12.8. The molecule has 0 aromatic heterocycles. The van der Waals surface area contributed by atoms with E-state index in [2.05, 4.69) is 11.4 Å². The molecule has 0 aliphatic rings. The number of anilines is 2. The van der Waals surface area contributed by atoms with Gasteiger partial charge in [-0.3, -0.25) is 0 Å². The Labute approximate surface area is 112 Å². The van der Waals surface area contributed by atoms with Gasteiger partial charge in [-0.1, -0.05) is 24.3 Å². The van der Waals surface area contributed by atoms with Gasteiger partial charge in [-0.25, -0.2) is 0 Å². The van der Waals surface area contributed by atoms with Gasteiger partial charge in [0.2, 0.25) is 0 Å². The summed E-state index contributed by atoms with van der Waals surface area (Å²) in [6.07, 6.45) is 0. The van der Waals surface area contributed by atoms with Crippen molar-refractivity contribution in [3.05, 3.63) is 54.1 Å². The minimum absolute atomic E-state index is 0.477. The summed E-state index contributed by atoms with van der Waals surface area (Å²) >= 11 is 0. The standard InChI is InChI=1S/C15H15N3O/c16-11-12-5-4-8-14(15(12)17)18-9-10-19-13-6-2-1-3-7-13/h1-8,18H,9-10,17H2. The Morgan fingerprint density at radius 2 is 1.89 bits per heavy atom. The van der Waals surface area contributed by atoms with E-state index in [1.54, 1.807) is 12.1 Å². The van der Waals surface area contributed by atoms with E-state index in [1.807, 2.05) is 36.4 Å². The maximum absolute atomic E-state index is 8.88. The average Bonchev–Trinajstić information content (AvgIpc) is 2.46. The zero-order chi connectivity index (χ0) is 13.5. The SMILES string of the molecule is N#Cc1cccc(NCCOc2ccccc2)c1N. The second-order valence-corrected chi connectivity index (χ2v) is 3.97. The van der Waals surface area contributed by atoms with Crippen LogP contribution in [0, 0.1) is 11.3 Å². The molecule has 3 N–H and O–H groups in total. The highest BCUT2D eigenvalue weighted by molar-refractivity contribution is 5.72. The van der Waals surface area contributed by atoms with Gasteiger partial charge in [-0.2, -0.15) is 5.26 Å². The number of ether oxygens (including phenoxy) is 1. The van der Waals surface area contributed by atoms with Crippen molar-refractivity contribution < 1.29 is 4.74 Å². The number of nitrogens with zero attached hydrogens (tertiary/aromatic N) is 1. The first-order chi connectivity index (χ1) is 9.31. The fourth-order valence-corrected chi connectivity index (χ4v) is 1.69. The molecule has 0 bridgehead atoms. The predicted octanol–water partition coefficient (Wildman–Crippen LogP) is 2.63. The maximum Gasteiger partial charge on any atom is 0.119 e. The number of rotatable bonds is 5. The number of hydrogen-bond acceptors (Lipinski definition) is 4. The molecule has 0 aliphatic heterocycles. The van der Waals surface area contributed by atoms with Crippen LogP contribution in [0.4, 0.5) is 11.4 Å². The normalized spacial score (nSPS) is 9.63. The van der Waals surface area contributed by atoms with E-state index in [-0.39, 0.29) is 0 Å². The lowest BCUT2D eigenvalue weighted by molar-refractivity contribution is 0.333. The van der Waals surface area contributed by atoms with Crippen molar-refractivity contribution in [2.24, 2.45) is 0 Å². The van der Waals surface area contributed by atoms with E-state index >= 15 is 0 Å². The van der Waals surface area contributed by atoms with E-state index in [0.717, 1.165) is 11.4 Å². The minimum Gasteiger partial charge on any atom is -0.492 e. The molecule has 2 aromatic carbocycles. The second-order valence-electron chi connectivity index (χ2n) is 3.97. The quantitative estimate of drug-likeness (QED) is 0.634. The van der Waals surface area contributed by atoms with E-state index < -0.39 is 0 Å². The van der Waals surface area contributed by atoms with Crippen LogP contribution in [-0.2, 0) is 0 Å². The molecule has 4 nitrogen and oxygen atoms in total. The summed E-state index contributed by atoms with van der Waals surface area (Å²) in [4.78, 5) is 0. The van der Waals surface area contributed by atoms with Crippen LogP contribution >= 0.6 is 0 Å². The van der Waals surface area contributed by atoms with Gasteiger partial charge < -0.3 is 15.8 Å². The highest BCUT2D eigenvalue weighted by Gasteiger charge is 2.03. The Balaban J connectivity index is 1.85. The molecule has 0 radical (unpaired) electrons. The third kappa shape index (κ3) is 3.39. The Morgan fingerprint density at radius 1 is 1.11 bits per heavy atom. The summed E-state index contributed by atoms with van der Waals surface area (Å²) in [5, 5.41) is 12.0. The molecule has 0 heterocycles. The molecular weight excluding hydrogens is 238 g/mol. The Hall–Kier alpha value is -2.67. The van der Waals surface area contributed by atoms with Crippen LogP contribution in [0.3, 0.4) is 0 Å². The number of nitrogens with one attached hydrogen (secondary N) is 1. The zero-order valence-electron chi connectivity index (χ0n) is 10.5. The van der Waals surface area contributed by atoms with Gasteiger partial charge in [0.05, 0.1) is 16.9 Å². The third-order valence-electron chi connectivity index (χ3n) is 2.66. The Kier molecular flexibility index (Phi) is 4.25. The molecular formula is C15H15N3O. The summed E-state index contributed by atoms with van der Waals surface area (Å²) in [5.41, 5.74) is 7.58. The summed E-state index contributed by atoms with van der Waals surface area (Å²) in [6, 6.07) is 17.0. The van der Waals surface area contributed by atoms with Crippen molar-refractivity contribution >= 4 is 11.4 Å². The number of benzene rings is 2. The molecule has 2 rings (SSSR count). The van der Waals surface area contributed by atoms with Crippen LogP contribution < -0.4 is 15.8 Å². The van der Waals surface area contributed by atoms with Gasteiger partial charge >= 0.3 is 0 Å². The lowest BCUT2D eigenvalue weighted by Crippen LogP contribution is -2.12. The first-order valence-electron chi connectivity index (χ1n) is 6.01. The van der Waals surface area contributed by atoms with E-state index in [1.165, 1.54) is 0 Å². The van der Waals surface area contributed by atoms with Gasteiger partial charge in [0, 0.05) is 6.54 Å². The molecule has 4 heteroatoms. The molecule has 0 saturated heterocycles. The first-order valence-corrected chi connectivity index (χ1v) is 6.01. The molecule has 2 aromatic rings. The number of nitrogens with two attached hydrogens (primary N) is 1. The summed E-state index contributed by atoms with van der Waals surface area (Å²) < 4.78 is 5.56. The molecule has 19 heavy (non-hydrogen) atoms. The molecule has 0 saturated carbocycles. The van der Waals surface area contributed by atoms with Crippen LogP contribution in [0.25, 0.3) is 0 Å². The van der Waals surface area contributed by atoms with Crippen LogP contribution in [0.1, 0.15) is 5.56 Å². The fraction of sp³-hybridized carbons (Fsp3) is 0.133. The summed E-state index contributed by atoms with van der Waals surface area (Å²) in [7, 11) is 0. The summed E-state index contributed by atoms with van der Waals surface area (Å²) in [5.74, 6) is 0.836. The largest absolute Gasteiger partial charge is 0.492 e. The van der Waals surface area contributed by atoms with Crippen molar-refractivity contribution in [3.8, 4) is 11.8 Å². The van der Waals surface area contributed by atoms with Crippen molar-refractivity contribution in [1.82, 2.24) is 0 Å². The maximum atomic E-state index is 8.88. The highest BCUT2D eigenvalue weighted by Crippen LogP contribution is 2.21. The molecule has 0 amide bonds. The Bertz CT molecular complexity index is 576. The smallest absolute Gasteiger partial charge is 0.119 e.